The minimum Gasteiger partial charge on any atom is -0.481 e. The summed E-state index contributed by atoms with van der Waals surface area (Å²) in [6.07, 6.45) is 1.25. The first-order valence-electron chi connectivity index (χ1n) is 7.71. The van der Waals surface area contributed by atoms with E-state index in [1.807, 2.05) is 0 Å². The van der Waals surface area contributed by atoms with Crippen LogP contribution in [0.4, 0.5) is 4.39 Å². The molecular formula is C17H17FN2O3S. The average Bonchev–Trinajstić information content (AvgIpc) is 2.96. The van der Waals surface area contributed by atoms with E-state index in [0.717, 1.165) is 11.3 Å². The quantitative estimate of drug-likeness (QED) is 0.925. The first-order chi connectivity index (χ1) is 11.5. The lowest BCUT2D eigenvalue weighted by Gasteiger charge is -2.30. The van der Waals surface area contributed by atoms with E-state index in [9.17, 15) is 14.0 Å². The van der Waals surface area contributed by atoms with Crippen molar-refractivity contribution in [2.75, 3.05) is 13.1 Å². The molecule has 2 aromatic rings. The van der Waals surface area contributed by atoms with Crippen LogP contribution in [0.1, 0.15) is 28.2 Å². The number of aryl methyl sites for hydroxylation is 1. The van der Waals surface area contributed by atoms with Crippen LogP contribution < -0.4 is 0 Å². The number of rotatable bonds is 3. The number of carboxylic acids is 1. The van der Waals surface area contributed by atoms with Gasteiger partial charge in [0.25, 0.3) is 5.91 Å². The minimum absolute atomic E-state index is 0.209. The summed E-state index contributed by atoms with van der Waals surface area (Å²) in [5.74, 6) is -2.00. The summed E-state index contributed by atoms with van der Waals surface area (Å²) in [6, 6.07) is 6.31. The van der Waals surface area contributed by atoms with E-state index in [4.69, 9.17) is 5.11 Å². The fourth-order valence-corrected chi connectivity index (χ4v) is 3.91. The molecule has 24 heavy (non-hydrogen) atoms. The smallest absolute Gasteiger partial charge is 0.308 e. The van der Waals surface area contributed by atoms with Gasteiger partial charge in [-0.05, 0) is 31.9 Å². The van der Waals surface area contributed by atoms with E-state index in [2.05, 4.69) is 4.98 Å². The van der Waals surface area contributed by atoms with Gasteiger partial charge in [0, 0.05) is 18.7 Å². The number of carbonyl (C=O) groups is 2. The van der Waals surface area contributed by atoms with Gasteiger partial charge in [0.1, 0.15) is 15.7 Å². The Labute approximate surface area is 142 Å². The zero-order valence-corrected chi connectivity index (χ0v) is 14.0. The number of amides is 1. The number of benzene rings is 1. The highest BCUT2D eigenvalue weighted by atomic mass is 32.1. The second kappa shape index (κ2) is 6.68. The zero-order chi connectivity index (χ0) is 17.3. The van der Waals surface area contributed by atoms with Crippen LogP contribution in [-0.2, 0) is 4.79 Å². The van der Waals surface area contributed by atoms with Crippen LogP contribution in [0.15, 0.2) is 24.3 Å². The molecule has 1 aromatic heterocycles. The van der Waals surface area contributed by atoms with Gasteiger partial charge in [0.05, 0.1) is 11.6 Å². The van der Waals surface area contributed by atoms with E-state index in [-0.39, 0.29) is 18.3 Å². The molecule has 7 heteroatoms. The number of carboxylic acid groups (broad SMARTS) is 1. The maximum Gasteiger partial charge on any atom is 0.308 e. The molecule has 2 heterocycles. The Balaban J connectivity index is 1.86. The van der Waals surface area contributed by atoms with Gasteiger partial charge in [-0.25, -0.2) is 9.37 Å². The normalized spacial score (nSPS) is 17.8. The number of aromatic nitrogens is 1. The molecule has 1 fully saturated rings. The summed E-state index contributed by atoms with van der Waals surface area (Å²) >= 11 is 1.15. The van der Waals surface area contributed by atoms with Crippen molar-refractivity contribution in [2.45, 2.75) is 19.8 Å². The maximum absolute atomic E-state index is 13.9. The number of hydrogen-bond donors (Lipinski definition) is 1. The molecule has 0 aliphatic carbocycles. The van der Waals surface area contributed by atoms with E-state index in [1.54, 1.807) is 30.0 Å². The number of hydrogen-bond acceptors (Lipinski definition) is 4. The van der Waals surface area contributed by atoms with E-state index < -0.39 is 11.9 Å². The summed E-state index contributed by atoms with van der Waals surface area (Å²) in [7, 11) is 0. The van der Waals surface area contributed by atoms with Crippen LogP contribution in [0.5, 0.6) is 0 Å². The summed E-state index contributed by atoms with van der Waals surface area (Å²) in [5, 5.41) is 9.62. The first-order valence-corrected chi connectivity index (χ1v) is 8.53. The molecule has 1 N–H and O–H groups in total. The molecule has 0 saturated carbocycles. The average molecular weight is 348 g/mol. The Hall–Kier alpha value is -2.28. The van der Waals surface area contributed by atoms with Crippen molar-refractivity contribution in [1.82, 2.24) is 9.88 Å². The number of piperidine rings is 1. The molecule has 1 atom stereocenters. The molecule has 3 rings (SSSR count). The van der Waals surface area contributed by atoms with Gasteiger partial charge in [-0.3, -0.25) is 9.59 Å². The van der Waals surface area contributed by atoms with Crippen molar-refractivity contribution in [1.29, 1.82) is 0 Å². The van der Waals surface area contributed by atoms with E-state index >= 15 is 0 Å². The molecule has 5 nitrogen and oxygen atoms in total. The molecule has 0 radical (unpaired) electrons. The molecule has 1 saturated heterocycles. The largest absolute Gasteiger partial charge is 0.481 e. The van der Waals surface area contributed by atoms with Crippen molar-refractivity contribution in [3.63, 3.8) is 0 Å². The van der Waals surface area contributed by atoms with Crippen LogP contribution in [-0.4, -0.2) is 40.0 Å². The Kier molecular flexibility index (Phi) is 4.62. The van der Waals surface area contributed by atoms with Crippen molar-refractivity contribution >= 4 is 23.2 Å². The van der Waals surface area contributed by atoms with Crippen molar-refractivity contribution < 1.29 is 19.1 Å². The SMILES string of the molecule is Cc1nc(-c2ccccc2F)sc1C(=O)N1CCC[C@@H](C(=O)O)C1. The van der Waals surface area contributed by atoms with Crippen LogP contribution in [0, 0.1) is 18.7 Å². The Morgan fingerprint density at radius 2 is 2.12 bits per heavy atom. The van der Waals surface area contributed by atoms with Gasteiger partial charge in [-0.15, -0.1) is 11.3 Å². The number of nitrogens with zero attached hydrogens (tertiary/aromatic N) is 2. The fraction of sp³-hybridized carbons (Fsp3) is 0.353. The molecule has 1 aromatic carbocycles. The highest BCUT2D eigenvalue weighted by molar-refractivity contribution is 7.17. The number of halogens is 1. The molecule has 0 unspecified atom stereocenters. The first kappa shape index (κ1) is 16.6. The second-order valence-electron chi connectivity index (χ2n) is 5.84. The number of aliphatic carboxylic acids is 1. The second-order valence-corrected chi connectivity index (χ2v) is 6.84. The summed E-state index contributed by atoms with van der Waals surface area (Å²) in [4.78, 5) is 30.2. The van der Waals surface area contributed by atoms with Gasteiger partial charge in [-0.1, -0.05) is 12.1 Å². The molecular weight excluding hydrogens is 331 g/mol. The third kappa shape index (κ3) is 3.17. The van der Waals surface area contributed by atoms with Gasteiger partial charge in [-0.2, -0.15) is 0 Å². The number of thiazole rings is 1. The maximum atomic E-state index is 13.9. The van der Waals surface area contributed by atoms with Gasteiger partial charge >= 0.3 is 5.97 Å². The number of likely N-dealkylation sites (tertiary alicyclic amines) is 1. The van der Waals surface area contributed by atoms with Crippen molar-refractivity contribution in [3.8, 4) is 10.6 Å². The van der Waals surface area contributed by atoms with Gasteiger partial charge in [0.15, 0.2) is 0 Å². The molecule has 126 valence electrons. The fourth-order valence-electron chi connectivity index (χ4n) is 2.85. The highest BCUT2D eigenvalue weighted by Crippen LogP contribution is 2.31. The van der Waals surface area contributed by atoms with Crippen LogP contribution >= 0.6 is 11.3 Å². The van der Waals surface area contributed by atoms with Crippen molar-refractivity contribution in [3.05, 3.63) is 40.7 Å². The molecule has 0 spiro atoms. The van der Waals surface area contributed by atoms with Gasteiger partial charge < -0.3 is 10.0 Å². The van der Waals surface area contributed by atoms with Crippen molar-refractivity contribution in [2.24, 2.45) is 5.92 Å². The lowest BCUT2D eigenvalue weighted by Crippen LogP contribution is -2.42. The Bertz CT molecular complexity index is 790. The third-order valence-corrected chi connectivity index (χ3v) is 5.33. The monoisotopic (exact) mass is 348 g/mol. The minimum atomic E-state index is -0.874. The van der Waals surface area contributed by atoms with Crippen LogP contribution in [0.2, 0.25) is 0 Å². The highest BCUT2D eigenvalue weighted by Gasteiger charge is 2.30. The zero-order valence-electron chi connectivity index (χ0n) is 13.2. The number of carbonyl (C=O) groups excluding carboxylic acids is 1. The lowest BCUT2D eigenvalue weighted by atomic mass is 9.98. The predicted octanol–water partition coefficient (Wildman–Crippen LogP) is 3.19. The van der Waals surface area contributed by atoms with E-state index in [0.29, 0.717) is 40.5 Å². The molecule has 1 amide bonds. The summed E-state index contributed by atoms with van der Waals surface area (Å²) < 4.78 is 13.9. The van der Waals surface area contributed by atoms with Crippen LogP contribution in [0.3, 0.4) is 0 Å². The third-order valence-electron chi connectivity index (χ3n) is 4.15. The standard InChI is InChI=1S/C17H17FN2O3S/c1-10-14(16(21)20-8-4-5-11(9-20)17(22)23)24-15(19-10)12-6-2-3-7-13(12)18/h2-3,6-7,11H,4-5,8-9H2,1H3,(H,22,23)/t11-/m1/s1. The van der Waals surface area contributed by atoms with Crippen LogP contribution in [0.25, 0.3) is 10.6 Å². The van der Waals surface area contributed by atoms with Gasteiger partial charge in [0.2, 0.25) is 0 Å². The van der Waals surface area contributed by atoms with E-state index in [1.165, 1.54) is 6.07 Å². The lowest BCUT2D eigenvalue weighted by molar-refractivity contribution is -0.143. The summed E-state index contributed by atoms with van der Waals surface area (Å²) in [6.45, 7) is 2.46. The summed E-state index contributed by atoms with van der Waals surface area (Å²) in [5.41, 5.74) is 0.910. The Morgan fingerprint density at radius 1 is 1.38 bits per heavy atom. The predicted molar refractivity (Wildman–Crippen MR) is 88.5 cm³/mol. The molecule has 1 aliphatic rings. The Morgan fingerprint density at radius 3 is 2.83 bits per heavy atom. The molecule has 1 aliphatic heterocycles. The molecule has 0 bridgehead atoms. The topological polar surface area (TPSA) is 70.5 Å².